The van der Waals surface area contributed by atoms with Gasteiger partial charge in [0.15, 0.2) is 0 Å². The fourth-order valence-electron chi connectivity index (χ4n) is 1.31. The first kappa shape index (κ1) is 13.7. The number of benzene rings is 1. The fraction of sp³-hybridized carbons (Fsp3) is 0.167. The number of nitrogens with one attached hydrogen (secondary N) is 1. The Hall–Kier alpha value is -2.37. The number of amides is 2. The van der Waals surface area contributed by atoms with Crippen LogP contribution in [0.5, 0.6) is 0 Å². The molecule has 0 aromatic heterocycles. The maximum atomic E-state index is 13.5. The number of halogens is 1. The predicted octanol–water partition coefficient (Wildman–Crippen LogP) is 2.17. The SMILES string of the molecule is C=CCN(C)C(=O)Nc1c(F)cccc1C(=O)O. The lowest BCUT2D eigenvalue weighted by Crippen LogP contribution is -2.32. The van der Waals surface area contributed by atoms with Gasteiger partial charge in [-0.3, -0.25) is 0 Å². The summed E-state index contributed by atoms with van der Waals surface area (Å²) >= 11 is 0. The molecule has 1 aromatic rings. The molecule has 1 aromatic carbocycles. The number of carboxylic acid groups (broad SMARTS) is 1. The molecule has 0 heterocycles. The summed E-state index contributed by atoms with van der Waals surface area (Å²) in [5, 5.41) is 11.1. The zero-order chi connectivity index (χ0) is 13.7. The molecule has 0 saturated carbocycles. The molecule has 96 valence electrons. The van der Waals surface area contributed by atoms with Crippen LogP contribution in [0.3, 0.4) is 0 Å². The number of nitrogens with zero attached hydrogens (tertiary/aromatic N) is 1. The van der Waals surface area contributed by atoms with Crippen molar-refractivity contribution in [2.75, 3.05) is 18.9 Å². The van der Waals surface area contributed by atoms with Crippen molar-refractivity contribution in [2.45, 2.75) is 0 Å². The van der Waals surface area contributed by atoms with E-state index in [0.29, 0.717) is 0 Å². The second-order valence-electron chi connectivity index (χ2n) is 3.57. The number of anilines is 1. The van der Waals surface area contributed by atoms with Crippen molar-refractivity contribution in [2.24, 2.45) is 0 Å². The van der Waals surface area contributed by atoms with E-state index >= 15 is 0 Å². The van der Waals surface area contributed by atoms with Crippen LogP contribution in [0.4, 0.5) is 14.9 Å². The maximum Gasteiger partial charge on any atom is 0.337 e. The summed E-state index contributed by atoms with van der Waals surface area (Å²) in [6, 6.07) is 2.95. The zero-order valence-corrected chi connectivity index (χ0v) is 9.81. The average molecular weight is 252 g/mol. The number of hydrogen-bond acceptors (Lipinski definition) is 2. The van der Waals surface area contributed by atoms with Crippen molar-refractivity contribution < 1.29 is 19.1 Å². The predicted molar refractivity (Wildman–Crippen MR) is 65.2 cm³/mol. The molecule has 0 aliphatic rings. The molecule has 6 heteroatoms. The lowest BCUT2D eigenvalue weighted by molar-refractivity contribution is 0.0697. The molecule has 2 amide bonds. The average Bonchev–Trinajstić information content (AvgIpc) is 2.31. The molecule has 0 saturated heterocycles. The topological polar surface area (TPSA) is 69.6 Å². The van der Waals surface area contributed by atoms with E-state index in [2.05, 4.69) is 11.9 Å². The Morgan fingerprint density at radius 2 is 2.22 bits per heavy atom. The third kappa shape index (κ3) is 3.07. The summed E-state index contributed by atoms with van der Waals surface area (Å²) in [5.74, 6) is -2.11. The summed E-state index contributed by atoms with van der Waals surface area (Å²) in [4.78, 5) is 23.8. The van der Waals surface area contributed by atoms with Crippen molar-refractivity contribution in [1.82, 2.24) is 4.90 Å². The quantitative estimate of drug-likeness (QED) is 0.807. The highest BCUT2D eigenvalue weighted by molar-refractivity contribution is 6.00. The summed E-state index contributed by atoms with van der Waals surface area (Å²) in [5.41, 5.74) is -0.638. The van der Waals surface area contributed by atoms with Crippen LogP contribution in [-0.2, 0) is 0 Å². The largest absolute Gasteiger partial charge is 0.478 e. The number of likely N-dealkylation sites (N-methyl/N-ethyl adjacent to an activating group) is 1. The van der Waals surface area contributed by atoms with E-state index in [-0.39, 0.29) is 17.8 Å². The molecule has 1 rings (SSSR count). The molecule has 0 unspecified atom stereocenters. The number of aromatic carboxylic acids is 1. The second-order valence-corrected chi connectivity index (χ2v) is 3.57. The Bertz CT molecular complexity index is 488. The number of urea groups is 1. The monoisotopic (exact) mass is 252 g/mol. The molecule has 0 aliphatic carbocycles. The van der Waals surface area contributed by atoms with Crippen LogP contribution in [0.15, 0.2) is 30.9 Å². The molecular formula is C12H13FN2O3. The Balaban J connectivity index is 3.00. The minimum absolute atomic E-state index is 0.267. The number of hydrogen-bond donors (Lipinski definition) is 2. The van der Waals surface area contributed by atoms with Crippen LogP contribution >= 0.6 is 0 Å². The van der Waals surface area contributed by atoms with Crippen molar-refractivity contribution in [3.8, 4) is 0 Å². The van der Waals surface area contributed by atoms with Gasteiger partial charge in [-0.15, -0.1) is 6.58 Å². The second kappa shape index (κ2) is 5.81. The Labute approximate surface area is 104 Å². The summed E-state index contributed by atoms with van der Waals surface area (Å²) < 4.78 is 13.5. The first-order valence-electron chi connectivity index (χ1n) is 5.12. The number of carboxylic acids is 1. The maximum absolute atomic E-state index is 13.5. The number of carbonyl (C=O) groups excluding carboxylic acids is 1. The molecule has 0 radical (unpaired) electrons. The minimum Gasteiger partial charge on any atom is -0.478 e. The standard InChI is InChI=1S/C12H13FN2O3/c1-3-7-15(2)12(18)14-10-8(11(16)17)5-4-6-9(10)13/h3-6H,1,7H2,2H3,(H,14,18)(H,16,17). The molecule has 0 bridgehead atoms. The highest BCUT2D eigenvalue weighted by Gasteiger charge is 2.17. The summed E-state index contributed by atoms with van der Waals surface area (Å²) in [6.07, 6.45) is 1.50. The van der Waals surface area contributed by atoms with Gasteiger partial charge in [0, 0.05) is 13.6 Å². The molecule has 0 aliphatic heterocycles. The van der Waals surface area contributed by atoms with Gasteiger partial charge in [-0.05, 0) is 12.1 Å². The van der Waals surface area contributed by atoms with Crippen molar-refractivity contribution in [3.63, 3.8) is 0 Å². The van der Waals surface area contributed by atoms with Crippen molar-refractivity contribution in [1.29, 1.82) is 0 Å². The third-order valence-corrected chi connectivity index (χ3v) is 2.23. The van der Waals surface area contributed by atoms with Gasteiger partial charge in [0.2, 0.25) is 0 Å². The molecule has 0 atom stereocenters. The first-order valence-corrected chi connectivity index (χ1v) is 5.12. The van der Waals surface area contributed by atoms with E-state index in [1.807, 2.05) is 0 Å². The van der Waals surface area contributed by atoms with Gasteiger partial charge in [-0.2, -0.15) is 0 Å². The molecule has 0 fully saturated rings. The zero-order valence-electron chi connectivity index (χ0n) is 9.81. The molecule has 0 spiro atoms. The Morgan fingerprint density at radius 3 is 2.78 bits per heavy atom. The van der Waals surface area contributed by atoms with Gasteiger partial charge in [0.1, 0.15) is 5.82 Å². The van der Waals surface area contributed by atoms with E-state index in [9.17, 15) is 14.0 Å². The smallest absolute Gasteiger partial charge is 0.337 e. The van der Waals surface area contributed by atoms with Gasteiger partial charge < -0.3 is 15.3 Å². The molecular weight excluding hydrogens is 239 g/mol. The third-order valence-electron chi connectivity index (χ3n) is 2.23. The number of para-hydroxylation sites is 1. The highest BCUT2D eigenvalue weighted by atomic mass is 19.1. The first-order chi connectivity index (χ1) is 8.47. The minimum atomic E-state index is -1.31. The van der Waals surface area contributed by atoms with Gasteiger partial charge in [0.25, 0.3) is 0 Å². The van der Waals surface area contributed by atoms with Crippen LogP contribution in [0, 0.1) is 5.82 Å². The lowest BCUT2D eigenvalue weighted by atomic mass is 10.1. The fourth-order valence-corrected chi connectivity index (χ4v) is 1.31. The van der Waals surface area contributed by atoms with Crippen LogP contribution in [0.2, 0.25) is 0 Å². The molecule has 2 N–H and O–H groups in total. The van der Waals surface area contributed by atoms with Crippen LogP contribution < -0.4 is 5.32 Å². The van der Waals surface area contributed by atoms with Gasteiger partial charge in [-0.1, -0.05) is 12.1 Å². The molecule has 5 nitrogen and oxygen atoms in total. The van der Waals surface area contributed by atoms with E-state index in [0.717, 1.165) is 6.07 Å². The van der Waals surface area contributed by atoms with Crippen LogP contribution in [0.1, 0.15) is 10.4 Å². The summed E-state index contributed by atoms with van der Waals surface area (Å²) in [6.45, 7) is 3.73. The Kier molecular flexibility index (Phi) is 4.42. The van der Waals surface area contributed by atoms with Gasteiger partial charge in [-0.25, -0.2) is 14.0 Å². The van der Waals surface area contributed by atoms with Crippen LogP contribution in [0.25, 0.3) is 0 Å². The van der Waals surface area contributed by atoms with Crippen LogP contribution in [-0.4, -0.2) is 35.6 Å². The van der Waals surface area contributed by atoms with E-state index < -0.39 is 17.8 Å². The number of carbonyl (C=O) groups is 2. The van der Waals surface area contributed by atoms with Gasteiger partial charge >= 0.3 is 12.0 Å². The van der Waals surface area contributed by atoms with Gasteiger partial charge in [0.05, 0.1) is 11.3 Å². The van der Waals surface area contributed by atoms with Crippen molar-refractivity contribution in [3.05, 3.63) is 42.2 Å². The van der Waals surface area contributed by atoms with Crippen molar-refractivity contribution >= 4 is 17.7 Å². The van der Waals surface area contributed by atoms with E-state index in [1.165, 1.54) is 30.2 Å². The molecule has 18 heavy (non-hydrogen) atoms. The summed E-state index contributed by atoms with van der Waals surface area (Å²) in [7, 11) is 1.48. The van der Waals surface area contributed by atoms with E-state index in [1.54, 1.807) is 0 Å². The lowest BCUT2D eigenvalue weighted by Gasteiger charge is -2.17. The highest BCUT2D eigenvalue weighted by Crippen LogP contribution is 2.20. The number of rotatable bonds is 4. The van der Waals surface area contributed by atoms with E-state index in [4.69, 9.17) is 5.11 Å². The Morgan fingerprint density at radius 1 is 1.56 bits per heavy atom. The normalized spacial score (nSPS) is 9.67.